The molecule has 1 aromatic heterocycles. The third-order valence-electron chi connectivity index (χ3n) is 6.67. The Morgan fingerprint density at radius 1 is 1.06 bits per heavy atom. The topological polar surface area (TPSA) is 41.4 Å². The summed E-state index contributed by atoms with van der Waals surface area (Å²) in [6.45, 7) is 1.86. The maximum atomic E-state index is 13.7. The highest BCUT2D eigenvalue weighted by molar-refractivity contribution is 5.91. The lowest BCUT2D eigenvalue weighted by atomic mass is 9.87. The summed E-state index contributed by atoms with van der Waals surface area (Å²) in [7, 11) is 0. The Morgan fingerprint density at radius 2 is 1.84 bits per heavy atom. The molecule has 5 rings (SSSR count). The third-order valence-corrected chi connectivity index (χ3v) is 6.67. The zero-order chi connectivity index (χ0) is 21.6. The first kappa shape index (κ1) is 20.2. The van der Waals surface area contributed by atoms with Crippen molar-refractivity contribution >= 4 is 28.6 Å². The number of nitrogens with zero attached hydrogens (tertiary/aromatic N) is 4. The van der Waals surface area contributed by atoms with Crippen LogP contribution < -0.4 is 9.80 Å². The van der Waals surface area contributed by atoms with Crippen molar-refractivity contribution in [3.8, 4) is 0 Å². The van der Waals surface area contributed by atoms with Crippen LogP contribution in [0.3, 0.4) is 0 Å². The van der Waals surface area contributed by atoms with Crippen molar-refractivity contribution < 1.29 is 18.0 Å². The van der Waals surface area contributed by atoms with Crippen LogP contribution in [0.25, 0.3) is 10.9 Å². The Hall–Kier alpha value is -2.77. The van der Waals surface area contributed by atoms with Gasteiger partial charge in [0.2, 0.25) is 0 Å². The lowest BCUT2D eigenvalue weighted by molar-refractivity contribution is -0.112. The molecule has 0 N–H and O–H groups in total. The molecule has 5 nitrogen and oxygen atoms in total. The van der Waals surface area contributed by atoms with E-state index in [1.165, 1.54) is 11.0 Å². The number of aromatic nitrogens is 2. The molecule has 3 aliphatic rings. The lowest BCUT2D eigenvalue weighted by Crippen LogP contribution is -2.40. The van der Waals surface area contributed by atoms with Crippen molar-refractivity contribution in [2.45, 2.75) is 44.3 Å². The number of fused-ring (bicyclic) bond motifs is 1. The van der Waals surface area contributed by atoms with Gasteiger partial charge in [0.05, 0.1) is 22.9 Å². The van der Waals surface area contributed by atoms with E-state index >= 15 is 0 Å². The molecule has 0 unspecified atom stereocenters. The van der Waals surface area contributed by atoms with Crippen molar-refractivity contribution in [3.63, 3.8) is 0 Å². The molecule has 1 aliphatic carbocycles. The summed E-state index contributed by atoms with van der Waals surface area (Å²) in [5.41, 5.74) is 1.53. The minimum absolute atomic E-state index is 0.130. The zero-order valence-corrected chi connectivity index (χ0v) is 17.2. The van der Waals surface area contributed by atoms with Gasteiger partial charge in [-0.3, -0.25) is 4.68 Å². The number of halogens is 3. The monoisotopic (exact) mass is 430 g/mol. The van der Waals surface area contributed by atoms with Crippen LogP contribution in [0, 0.1) is 5.92 Å². The molecule has 0 spiro atoms. The summed E-state index contributed by atoms with van der Waals surface area (Å²) in [6.07, 6.45) is 7.44. The fraction of sp³-hybridized carbons (Fsp3) is 0.478. The minimum atomic E-state index is -4.42. The highest BCUT2D eigenvalue weighted by Crippen LogP contribution is 2.42. The van der Waals surface area contributed by atoms with Crippen LogP contribution in [0.2, 0.25) is 0 Å². The average Bonchev–Trinajstić information content (AvgIpc) is 3.14. The van der Waals surface area contributed by atoms with Crippen molar-refractivity contribution in [1.29, 1.82) is 0 Å². The van der Waals surface area contributed by atoms with E-state index < -0.39 is 11.9 Å². The smallest absolute Gasteiger partial charge is 0.370 e. The lowest BCUT2D eigenvalue weighted by Gasteiger charge is -2.38. The van der Waals surface area contributed by atoms with Crippen LogP contribution in [-0.2, 0) is 4.79 Å². The van der Waals surface area contributed by atoms with E-state index in [2.05, 4.69) is 4.90 Å². The molecule has 1 aromatic carbocycles. The zero-order valence-electron chi connectivity index (χ0n) is 17.2. The number of carbonyl (C=O) groups is 1. The third kappa shape index (κ3) is 3.72. The van der Waals surface area contributed by atoms with E-state index in [-0.39, 0.29) is 18.5 Å². The number of alkyl halides is 3. The second-order valence-electron chi connectivity index (χ2n) is 8.64. The quantitative estimate of drug-likeness (QED) is 0.641. The Kier molecular flexibility index (Phi) is 5.02. The number of allylic oxidation sites excluding steroid dienone is 3. The first-order chi connectivity index (χ1) is 14.9. The van der Waals surface area contributed by atoms with Gasteiger partial charge in [-0.2, -0.15) is 18.3 Å². The van der Waals surface area contributed by atoms with Crippen LogP contribution in [-0.4, -0.2) is 41.9 Å². The number of hydrogen-bond donors (Lipinski definition) is 0. The molecule has 2 aromatic rings. The predicted molar refractivity (Wildman–Crippen MR) is 114 cm³/mol. The van der Waals surface area contributed by atoms with Gasteiger partial charge in [-0.1, -0.05) is 12.2 Å². The SMILES string of the molecule is O=CC1CCC(n2cc3cc(N4CC=CC=C4C(F)(F)F)c(N4CCC4)cc3n2)CC1. The molecule has 1 saturated heterocycles. The molecular formula is C23H25F3N4O. The van der Waals surface area contributed by atoms with Gasteiger partial charge in [0.25, 0.3) is 0 Å². The average molecular weight is 430 g/mol. The van der Waals surface area contributed by atoms with Crippen molar-refractivity contribution in [2.24, 2.45) is 5.92 Å². The molecule has 31 heavy (non-hydrogen) atoms. The molecule has 2 fully saturated rings. The first-order valence-corrected chi connectivity index (χ1v) is 10.9. The molecule has 2 aliphatic heterocycles. The highest BCUT2D eigenvalue weighted by Gasteiger charge is 2.39. The number of benzene rings is 1. The Bertz CT molecular complexity index is 1040. The second-order valence-corrected chi connectivity index (χ2v) is 8.64. The van der Waals surface area contributed by atoms with Crippen LogP contribution in [0.4, 0.5) is 24.5 Å². The van der Waals surface area contributed by atoms with Gasteiger partial charge in [0, 0.05) is 37.1 Å². The summed E-state index contributed by atoms with van der Waals surface area (Å²) in [5.74, 6) is 0.130. The van der Waals surface area contributed by atoms with E-state index in [9.17, 15) is 18.0 Å². The molecular weight excluding hydrogens is 405 g/mol. The van der Waals surface area contributed by atoms with E-state index in [1.807, 2.05) is 23.0 Å². The van der Waals surface area contributed by atoms with Gasteiger partial charge in [-0.05, 0) is 50.3 Å². The summed E-state index contributed by atoms with van der Waals surface area (Å²) in [6, 6.07) is 4.01. The Balaban J connectivity index is 1.54. The van der Waals surface area contributed by atoms with Gasteiger partial charge < -0.3 is 14.6 Å². The normalized spacial score (nSPS) is 24.3. The molecule has 1 saturated carbocycles. The number of hydrogen-bond acceptors (Lipinski definition) is 4. The van der Waals surface area contributed by atoms with Gasteiger partial charge >= 0.3 is 6.18 Å². The number of carbonyl (C=O) groups excluding carboxylic acids is 1. The predicted octanol–water partition coefficient (Wildman–Crippen LogP) is 5.00. The largest absolute Gasteiger partial charge is 0.431 e. The first-order valence-electron chi connectivity index (χ1n) is 10.9. The van der Waals surface area contributed by atoms with E-state index in [0.29, 0.717) is 5.69 Å². The summed E-state index contributed by atoms with van der Waals surface area (Å²) >= 11 is 0. The van der Waals surface area contributed by atoms with Gasteiger partial charge in [-0.25, -0.2) is 0 Å². The molecule has 0 amide bonds. The Labute approximate surface area is 178 Å². The van der Waals surface area contributed by atoms with Gasteiger partial charge in [0.15, 0.2) is 0 Å². The van der Waals surface area contributed by atoms with Crippen LogP contribution in [0.5, 0.6) is 0 Å². The summed E-state index contributed by atoms with van der Waals surface area (Å²) in [5, 5.41) is 5.62. The number of rotatable bonds is 4. The van der Waals surface area contributed by atoms with Gasteiger partial charge in [0.1, 0.15) is 12.0 Å². The van der Waals surface area contributed by atoms with Crippen molar-refractivity contribution in [2.75, 3.05) is 29.4 Å². The number of anilines is 2. The standard InChI is InChI=1S/C23H25F3N4O/c24-23(25,26)22-4-1-2-11-29(22)21-12-17-14-30(18-7-5-16(15-31)6-8-18)27-19(17)13-20(21)28-9-3-10-28/h1-2,4,12-16,18H,3,5-11H2. The highest BCUT2D eigenvalue weighted by atomic mass is 19.4. The molecule has 8 heteroatoms. The van der Waals surface area contributed by atoms with E-state index in [4.69, 9.17) is 5.10 Å². The minimum Gasteiger partial charge on any atom is -0.370 e. The van der Waals surface area contributed by atoms with E-state index in [1.54, 1.807) is 6.08 Å². The van der Waals surface area contributed by atoms with Crippen molar-refractivity contribution in [1.82, 2.24) is 9.78 Å². The molecule has 164 valence electrons. The maximum absolute atomic E-state index is 13.7. The molecule has 3 heterocycles. The molecule has 0 atom stereocenters. The van der Waals surface area contributed by atoms with E-state index in [0.717, 1.165) is 74.1 Å². The fourth-order valence-corrected chi connectivity index (χ4v) is 4.77. The molecule has 0 radical (unpaired) electrons. The Morgan fingerprint density at radius 3 is 2.48 bits per heavy atom. The number of aldehydes is 1. The summed E-state index contributed by atoms with van der Waals surface area (Å²) in [4.78, 5) is 14.5. The molecule has 0 bridgehead atoms. The van der Waals surface area contributed by atoms with Crippen molar-refractivity contribution in [3.05, 3.63) is 42.3 Å². The van der Waals surface area contributed by atoms with Crippen LogP contribution >= 0.6 is 0 Å². The van der Waals surface area contributed by atoms with Crippen LogP contribution in [0.1, 0.15) is 38.1 Å². The van der Waals surface area contributed by atoms with Gasteiger partial charge in [-0.15, -0.1) is 0 Å². The fourth-order valence-electron chi connectivity index (χ4n) is 4.77. The second kappa shape index (κ2) is 7.73. The summed E-state index contributed by atoms with van der Waals surface area (Å²) < 4.78 is 43.1. The maximum Gasteiger partial charge on any atom is 0.431 e. The van der Waals surface area contributed by atoms with Crippen LogP contribution in [0.15, 0.2) is 42.3 Å².